The first-order valence-corrected chi connectivity index (χ1v) is 6.86. The summed E-state index contributed by atoms with van der Waals surface area (Å²) in [5.41, 5.74) is 7.65. The molecular formula is C14H21ClN2S. The second-order valence-corrected chi connectivity index (χ2v) is 6.43. The van der Waals surface area contributed by atoms with Crippen LogP contribution < -0.4 is 11.1 Å². The molecule has 3 N–H and O–H groups in total. The van der Waals surface area contributed by atoms with Gasteiger partial charge in [0, 0.05) is 22.8 Å². The molecule has 0 heterocycles. The van der Waals surface area contributed by atoms with Crippen molar-refractivity contribution in [1.82, 2.24) is 0 Å². The molecule has 1 rings (SSSR count). The Kier molecular flexibility index (Phi) is 5.00. The third-order valence-electron chi connectivity index (χ3n) is 3.54. The van der Waals surface area contributed by atoms with E-state index in [4.69, 9.17) is 29.6 Å². The zero-order chi connectivity index (χ0) is 13.9. The normalized spacial score (nSPS) is 11.7. The molecule has 0 bridgehead atoms. The molecule has 0 fully saturated rings. The molecule has 0 aliphatic carbocycles. The summed E-state index contributed by atoms with van der Waals surface area (Å²) in [6.07, 6.45) is 0. The molecule has 0 aliphatic rings. The SMILES string of the molecule is CC(C)C(C)(C)CNc1cc(Cl)ccc1C(N)=S. The Morgan fingerprint density at radius 2 is 2.06 bits per heavy atom. The number of nitrogens with one attached hydrogen (secondary N) is 1. The minimum Gasteiger partial charge on any atom is -0.389 e. The van der Waals surface area contributed by atoms with E-state index in [-0.39, 0.29) is 5.41 Å². The van der Waals surface area contributed by atoms with Gasteiger partial charge in [-0.05, 0) is 29.5 Å². The lowest BCUT2D eigenvalue weighted by Gasteiger charge is -2.30. The smallest absolute Gasteiger partial charge is 0.106 e. The van der Waals surface area contributed by atoms with Gasteiger partial charge in [-0.15, -0.1) is 0 Å². The van der Waals surface area contributed by atoms with Crippen LogP contribution in [-0.2, 0) is 0 Å². The number of anilines is 1. The van der Waals surface area contributed by atoms with Crippen LogP contribution in [0.25, 0.3) is 0 Å². The molecule has 0 saturated carbocycles. The van der Waals surface area contributed by atoms with Crippen LogP contribution in [0.4, 0.5) is 5.69 Å². The van der Waals surface area contributed by atoms with E-state index in [2.05, 4.69) is 33.0 Å². The van der Waals surface area contributed by atoms with E-state index in [1.165, 1.54) is 0 Å². The first-order valence-electron chi connectivity index (χ1n) is 6.07. The Morgan fingerprint density at radius 3 is 2.56 bits per heavy atom. The molecule has 0 spiro atoms. The van der Waals surface area contributed by atoms with Gasteiger partial charge in [-0.25, -0.2) is 0 Å². The molecule has 0 atom stereocenters. The number of halogens is 1. The van der Waals surface area contributed by atoms with Gasteiger partial charge >= 0.3 is 0 Å². The molecule has 2 nitrogen and oxygen atoms in total. The van der Waals surface area contributed by atoms with Crippen LogP contribution in [0.2, 0.25) is 5.02 Å². The molecule has 4 heteroatoms. The molecular weight excluding hydrogens is 264 g/mol. The maximum Gasteiger partial charge on any atom is 0.106 e. The van der Waals surface area contributed by atoms with Crippen LogP contribution in [0.15, 0.2) is 18.2 Å². The second kappa shape index (κ2) is 5.89. The summed E-state index contributed by atoms with van der Waals surface area (Å²) in [6.45, 7) is 9.74. The number of thiocarbonyl (C=S) groups is 1. The van der Waals surface area contributed by atoms with Gasteiger partial charge in [0.1, 0.15) is 4.99 Å². The predicted molar refractivity (Wildman–Crippen MR) is 84.4 cm³/mol. The van der Waals surface area contributed by atoms with Gasteiger partial charge in [0.25, 0.3) is 0 Å². The molecule has 0 aliphatic heterocycles. The van der Waals surface area contributed by atoms with E-state index in [0.717, 1.165) is 17.8 Å². The van der Waals surface area contributed by atoms with E-state index < -0.39 is 0 Å². The summed E-state index contributed by atoms with van der Waals surface area (Å²) in [7, 11) is 0. The Morgan fingerprint density at radius 1 is 1.44 bits per heavy atom. The summed E-state index contributed by atoms with van der Waals surface area (Å²) in [5.74, 6) is 0.581. The van der Waals surface area contributed by atoms with E-state index >= 15 is 0 Å². The van der Waals surface area contributed by atoms with Gasteiger partial charge in [-0.1, -0.05) is 51.5 Å². The molecule has 1 aromatic rings. The van der Waals surface area contributed by atoms with Crippen molar-refractivity contribution in [2.75, 3.05) is 11.9 Å². The number of benzene rings is 1. The van der Waals surface area contributed by atoms with Crippen molar-refractivity contribution in [1.29, 1.82) is 0 Å². The highest BCUT2D eigenvalue weighted by Gasteiger charge is 2.22. The summed E-state index contributed by atoms with van der Waals surface area (Å²) >= 11 is 11.1. The van der Waals surface area contributed by atoms with Crippen LogP contribution in [0.1, 0.15) is 33.3 Å². The van der Waals surface area contributed by atoms with Crippen LogP contribution >= 0.6 is 23.8 Å². The molecule has 0 aromatic heterocycles. The summed E-state index contributed by atoms with van der Waals surface area (Å²) in [4.78, 5) is 0.386. The van der Waals surface area contributed by atoms with Crippen LogP contribution in [-0.4, -0.2) is 11.5 Å². The zero-order valence-electron chi connectivity index (χ0n) is 11.4. The van der Waals surface area contributed by atoms with Crippen molar-refractivity contribution in [2.45, 2.75) is 27.7 Å². The van der Waals surface area contributed by atoms with Crippen LogP contribution in [0.3, 0.4) is 0 Å². The highest BCUT2D eigenvalue weighted by Crippen LogP contribution is 2.28. The fourth-order valence-electron chi connectivity index (χ4n) is 1.40. The number of nitrogens with two attached hydrogens (primary N) is 1. The summed E-state index contributed by atoms with van der Waals surface area (Å²) in [5, 5.41) is 4.09. The Bertz CT molecular complexity index is 441. The Labute approximate surface area is 120 Å². The lowest BCUT2D eigenvalue weighted by molar-refractivity contribution is 0.269. The number of hydrogen-bond donors (Lipinski definition) is 2. The van der Waals surface area contributed by atoms with Gasteiger partial charge in [0.05, 0.1) is 0 Å². The van der Waals surface area contributed by atoms with Gasteiger partial charge < -0.3 is 11.1 Å². The van der Waals surface area contributed by atoms with Crippen molar-refractivity contribution in [3.63, 3.8) is 0 Å². The van der Waals surface area contributed by atoms with E-state index in [0.29, 0.717) is 15.9 Å². The third kappa shape index (κ3) is 3.85. The third-order valence-corrected chi connectivity index (χ3v) is 4.00. The molecule has 18 heavy (non-hydrogen) atoms. The van der Waals surface area contributed by atoms with E-state index in [9.17, 15) is 0 Å². The van der Waals surface area contributed by atoms with Crippen molar-refractivity contribution in [3.8, 4) is 0 Å². The predicted octanol–water partition coefficient (Wildman–Crippen LogP) is 4.07. The molecule has 0 unspecified atom stereocenters. The van der Waals surface area contributed by atoms with Crippen LogP contribution in [0, 0.1) is 11.3 Å². The van der Waals surface area contributed by atoms with Gasteiger partial charge in [0.15, 0.2) is 0 Å². The maximum absolute atomic E-state index is 6.01. The highest BCUT2D eigenvalue weighted by atomic mass is 35.5. The Hall–Kier alpha value is -0.800. The Balaban J connectivity index is 2.90. The van der Waals surface area contributed by atoms with E-state index in [1.807, 2.05) is 12.1 Å². The highest BCUT2D eigenvalue weighted by molar-refractivity contribution is 7.80. The molecule has 0 radical (unpaired) electrons. The number of rotatable bonds is 5. The van der Waals surface area contributed by atoms with Crippen LogP contribution in [0.5, 0.6) is 0 Å². The first kappa shape index (κ1) is 15.3. The van der Waals surface area contributed by atoms with Gasteiger partial charge in [0.2, 0.25) is 0 Å². The minimum absolute atomic E-state index is 0.190. The number of hydrogen-bond acceptors (Lipinski definition) is 2. The van der Waals surface area contributed by atoms with Gasteiger partial charge in [-0.3, -0.25) is 0 Å². The van der Waals surface area contributed by atoms with E-state index in [1.54, 1.807) is 6.07 Å². The largest absolute Gasteiger partial charge is 0.389 e. The lowest BCUT2D eigenvalue weighted by Crippen LogP contribution is -2.29. The van der Waals surface area contributed by atoms with Crippen molar-refractivity contribution < 1.29 is 0 Å². The van der Waals surface area contributed by atoms with Crippen molar-refractivity contribution in [2.24, 2.45) is 17.1 Å². The fraction of sp³-hybridized carbons (Fsp3) is 0.500. The van der Waals surface area contributed by atoms with Gasteiger partial charge in [-0.2, -0.15) is 0 Å². The quantitative estimate of drug-likeness (QED) is 0.801. The standard InChI is InChI=1S/C14H21ClN2S/c1-9(2)14(3,4)8-17-12-7-10(15)5-6-11(12)13(16)18/h5-7,9,17H,8H2,1-4H3,(H2,16,18). The lowest BCUT2D eigenvalue weighted by atomic mass is 9.81. The van der Waals surface area contributed by atoms with Crippen molar-refractivity contribution >= 4 is 34.5 Å². The first-order chi connectivity index (χ1) is 8.24. The second-order valence-electron chi connectivity index (χ2n) is 5.55. The monoisotopic (exact) mass is 284 g/mol. The van der Waals surface area contributed by atoms with Crippen molar-refractivity contribution in [3.05, 3.63) is 28.8 Å². The molecule has 0 saturated heterocycles. The summed E-state index contributed by atoms with van der Waals surface area (Å²) in [6, 6.07) is 5.52. The minimum atomic E-state index is 0.190. The summed E-state index contributed by atoms with van der Waals surface area (Å²) < 4.78 is 0. The molecule has 100 valence electrons. The molecule has 1 aromatic carbocycles. The topological polar surface area (TPSA) is 38.0 Å². The fourth-order valence-corrected chi connectivity index (χ4v) is 1.75. The average molecular weight is 285 g/mol. The average Bonchev–Trinajstić information content (AvgIpc) is 2.26. The maximum atomic E-state index is 6.01. The zero-order valence-corrected chi connectivity index (χ0v) is 13.0. The molecule has 0 amide bonds.